The van der Waals surface area contributed by atoms with Crippen LogP contribution in [0.3, 0.4) is 0 Å². The van der Waals surface area contributed by atoms with Crippen LogP contribution in [0.15, 0.2) is 48.7 Å². The monoisotopic (exact) mass is 400 g/mol. The highest BCUT2D eigenvalue weighted by Crippen LogP contribution is 2.41. The maximum absolute atomic E-state index is 12.6. The summed E-state index contributed by atoms with van der Waals surface area (Å²) in [4.78, 5) is 22.6. The van der Waals surface area contributed by atoms with Crippen LogP contribution in [0.1, 0.15) is 29.2 Å². The van der Waals surface area contributed by atoms with Gasteiger partial charge in [-0.25, -0.2) is 4.98 Å². The number of fused-ring (bicyclic) bond motifs is 5. The molecule has 5 nitrogen and oxygen atoms in total. The number of aromatic nitrogens is 2. The van der Waals surface area contributed by atoms with Gasteiger partial charge in [-0.05, 0) is 56.3 Å². The highest BCUT2D eigenvalue weighted by atomic mass is 32.1. The van der Waals surface area contributed by atoms with E-state index in [-0.39, 0.29) is 11.9 Å². The van der Waals surface area contributed by atoms with Gasteiger partial charge in [0, 0.05) is 39.8 Å². The Labute approximate surface area is 172 Å². The Morgan fingerprint density at radius 3 is 2.97 bits per heavy atom. The van der Waals surface area contributed by atoms with Crippen molar-refractivity contribution in [3.8, 4) is 11.3 Å². The number of nitrogens with one attached hydrogen (secondary N) is 2. The van der Waals surface area contributed by atoms with Crippen LogP contribution in [0, 0.1) is 0 Å². The summed E-state index contributed by atoms with van der Waals surface area (Å²) in [6, 6.07) is 12.3. The van der Waals surface area contributed by atoms with E-state index in [0.29, 0.717) is 6.54 Å². The molecule has 0 saturated heterocycles. The van der Waals surface area contributed by atoms with Gasteiger partial charge in [0.05, 0.1) is 22.6 Å². The maximum Gasteiger partial charge on any atom is 0.263 e. The molecule has 1 aromatic carbocycles. The molecule has 0 saturated carbocycles. The quantitative estimate of drug-likeness (QED) is 0.492. The molecule has 1 atom stereocenters. The Kier molecular flexibility index (Phi) is 4.28. The van der Waals surface area contributed by atoms with E-state index in [4.69, 9.17) is 4.98 Å². The van der Waals surface area contributed by atoms with Gasteiger partial charge in [0.1, 0.15) is 4.88 Å². The molecule has 0 radical (unpaired) electrons. The summed E-state index contributed by atoms with van der Waals surface area (Å²) in [7, 11) is 0. The summed E-state index contributed by atoms with van der Waals surface area (Å²) in [6.07, 6.45) is 5.76. The molecule has 144 valence electrons. The van der Waals surface area contributed by atoms with Crippen molar-refractivity contribution in [1.29, 1.82) is 0 Å². The van der Waals surface area contributed by atoms with Crippen molar-refractivity contribution in [2.45, 2.75) is 19.9 Å². The molecule has 1 amide bonds. The van der Waals surface area contributed by atoms with Crippen LogP contribution >= 0.6 is 11.3 Å². The standard InChI is InChI=1S/C23H20N4OS/c1-3-4-15-11-14(9-10-24-15)17-6-5-16-18(27-17)7-8-19-20(16)21-22(29-19)23(28)26-13(2)12-25-21/h3-11,13,25H,12H2,1-2H3,(H,26,28). The lowest BCUT2D eigenvalue weighted by molar-refractivity contribution is 0.0949. The molecule has 1 aliphatic heterocycles. The van der Waals surface area contributed by atoms with Crippen LogP contribution in [0.25, 0.3) is 38.3 Å². The van der Waals surface area contributed by atoms with Crippen molar-refractivity contribution in [2.75, 3.05) is 11.9 Å². The maximum atomic E-state index is 12.6. The Morgan fingerprint density at radius 2 is 2.10 bits per heavy atom. The van der Waals surface area contributed by atoms with Gasteiger partial charge < -0.3 is 10.6 Å². The van der Waals surface area contributed by atoms with Gasteiger partial charge in [-0.2, -0.15) is 0 Å². The first-order valence-electron chi connectivity index (χ1n) is 9.64. The van der Waals surface area contributed by atoms with Gasteiger partial charge in [-0.1, -0.05) is 6.08 Å². The largest absolute Gasteiger partial charge is 0.381 e. The fourth-order valence-corrected chi connectivity index (χ4v) is 4.85. The number of pyridine rings is 2. The number of hydrogen-bond acceptors (Lipinski definition) is 5. The molecule has 5 rings (SSSR count). The highest BCUT2D eigenvalue weighted by Gasteiger charge is 2.24. The average molecular weight is 401 g/mol. The Morgan fingerprint density at radius 1 is 1.21 bits per heavy atom. The first-order chi connectivity index (χ1) is 14.1. The average Bonchev–Trinajstić information content (AvgIpc) is 3.05. The molecule has 4 heterocycles. The van der Waals surface area contributed by atoms with Gasteiger partial charge in [-0.3, -0.25) is 9.78 Å². The van der Waals surface area contributed by atoms with Crippen molar-refractivity contribution in [2.24, 2.45) is 0 Å². The second kappa shape index (κ2) is 6.97. The lowest BCUT2D eigenvalue weighted by Crippen LogP contribution is -2.34. The predicted molar refractivity (Wildman–Crippen MR) is 120 cm³/mol. The van der Waals surface area contributed by atoms with E-state index in [9.17, 15) is 4.79 Å². The SMILES string of the molecule is CC=Cc1cc(-c2ccc3c(ccc4sc5c(c43)NCC(C)NC5=O)n2)ccn1. The second-order valence-electron chi connectivity index (χ2n) is 7.23. The molecule has 0 fully saturated rings. The normalized spacial score (nSPS) is 16.6. The van der Waals surface area contributed by atoms with E-state index >= 15 is 0 Å². The summed E-state index contributed by atoms with van der Waals surface area (Å²) in [5, 5.41) is 8.64. The van der Waals surface area contributed by atoms with Crippen molar-refractivity contribution in [3.05, 3.63) is 59.2 Å². The zero-order chi connectivity index (χ0) is 20.0. The van der Waals surface area contributed by atoms with Gasteiger partial charge in [-0.15, -0.1) is 11.3 Å². The van der Waals surface area contributed by atoms with Crippen LogP contribution in [-0.2, 0) is 0 Å². The van der Waals surface area contributed by atoms with E-state index in [1.54, 1.807) is 0 Å². The fraction of sp³-hybridized carbons (Fsp3) is 0.174. The van der Waals surface area contributed by atoms with E-state index in [1.807, 2.05) is 56.5 Å². The van der Waals surface area contributed by atoms with Crippen LogP contribution in [-0.4, -0.2) is 28.5 Å². The third kappa shape index (κ3) is 3.06. The molecule has 29 heavy (non-hydrogen) atoms. The summed E-state index contributed by atoms with van der Waals surface area (Å²) in [5.41, 5.74) is 4.69. The summed E-state index contributed by atoms with van der Waals surface area (Å²) in [5.74, 6) is -0.00952. The highest BCUT2D eigenvalue weighted by molar-refractivity contribution is 7.21. The second-order valence-corrected chi connectivity index (χ2v) is 8.29. The summed E-state index contributed by atoms with van der Waals surface area (Å²) in [6.45, 7) is 4.69. The van der Waals surface area contributed by atoms with Crippen molar-refractivity contribution < 1.29 is 4.79 Å². The van der Waals surface area contributed by atoms with Gasteiger partial charge in [0.25, 0.3) is 5.91 Å². The zero-order valence-corrected chi connectivity index (χ0v) is 17.0. The molecule has 0 aliphatic carbocycles. The zero-order valence-electron chi connectivity index (χ0n) is 16.2. The molecule has 4 aromatic rings. The van der Waals surface area contributed by atoms with Crippen molar-refractivity contribution in [3.63, 3.8) is 0 Å². The van der Waals surface area contributed by atoms with E-state index < -0.39 is 0 Å². The van der Waals surface area contributed by atoms with E-state index in [2.05, 4.69) is 27.8 Å². The first kappa shape index (κ1) is 17.8. The van der Waals surface area contributed by atoms with Gasteiger partial charge in [0.2, 0.25) is 0 Å². The number of carbonyl (C=O) groups is 1. The molecule has 1 unspecified atom stereocenters. The number of amides is 1. The molecule has 0 bridgehead atoms. The Bertz CT molecular complexity index is 1290. The topological polar surface area (TPSA) is 66.9 Å². The molecule has 0 spiro atoms. The minimum Gasteiger partial charge on any atom is -0.381 e. The van der Waals surface area contributed by atoms with Gasteiger partial charge in [0.15, 0.2) is 0 Å². The number of rotatable bonds is 2. The predicted octanol–water partition coefficient (Wildman–Crippen LogP) is 5.09. The molecule has 6 heteroatoms. The minimum atomic E-state index is -0.00952. The molecule has 3 aromatic heterocycles. The number of hydrogen-bond donors (Lipinski definition) is 2. The van der Waals surface area contributed by atoms with Gasteiger partial charge >= 0.3 is 0 Å². The van der Waals surface area contributed by atoms with Crippen LogP contribution in [0.5, 0.6) is 0 Å². The third-order valence-corrected chi connectivity index (χ3v) is 6.26. The fourth-order valence-electron chi connectivity index (χ4n) is 3.76. The van der Waals surface area contributed by atoms with E-state index in [0.717, 1.165) is 48.5 Å². The number of carbonyl (C=O) groups excluding carboxylic acids is 1. The number of thiophene rings is 1. The molecular weight excluding hydrogens is 380 g/mol. The Balaban J connectivity index is 1.68. The smallest absolute Gasteiger partial charge is 0.263 e. The van der Waals surface area contributed by atoms with Crippen molar-refractivity contribution >= 4 is 50.0 Å². The number of benzene rings is 1. The van der Waals surface area contributed by atoms with Crippen LogP contribution in [0.2, 0.25) is 0 Å². The van der Waals surface area contributed by atoms with E-state index in [1.165, 1.54) is 11.3 Å². The third-order valence-electron chi connectivity index (χ3n) is 5.11. The molecule has 2 N–H and O–H groups in total. The number of anilines is 1. The number of nitrogens with zero attached hydrogens (tertiary/aromatic N) is 2. The van der Waals surface area contributed by atoms with Crippen molar-refractivity contribution in [1.82, 2.24) is 15.3 Å². The minimum absolute atomic E-state index is 0.00952. The summed E-state index contributed by atoms with van der Waals surface area (Å²) >= 11 is 1.53. The summed E-state index contributed by atoms with van der Waals surface area (Å²) < 4.78 is 1.09. The molecular formula is C23H20N4OS. The number of allylic oxidation sites excluding steroid dienone is 1. The Hall–Kier alpha value is -3.25. The lowest BCUT2D eigenvalue weighted by Gasteiger charge is -2.10. The first-order valence-corrected chi connectivity index (χ1v) is 10.5. The molecule has 1 aliphatic rings. The van der Waals surface area contributed by atoms with Crippen LogP contribution < -0.4 is 10.6 Å². The van der Waals surface area contributed by atoms with Crippen LogP contribution in [0.4, 0.5) is 5.69 Å². The lowest BCUT2D eigenvalue weighted by atomic mass is 10.1.